The number of aliphatic imine (C=N–C) groups is 1. The Morgan fingerprint density at radius 2 is 2.40 bits per heavy atom. The van der Waals surface area contributed by atoms with E-state index in [9.17, 15) is 0 Å². The first kappa shape index (κ1) is 13.0. The van der Waals surface area contributed by atoms with Gasteiger partial charge in [-0.2, -0.15) is 0 Å². The summed E-state index contributed by atoms with van der Waals surface area (Å²) >= 11 is 6.33. The summed E-state index contributed by atoms with van der Waals surface area (Å²) < 4.78 is 1.95. The molecule has 2 heterocycles. The summed E-state index contributed by atoms with van der Waals surface area (Å²) in [6, 6.07) is 6.24. The number of hydrogen-bond acceptors (Lipinski definition) is 4. The maximum Gasteiger partial charge on any atom is 0.191 e. The summed E-state index contributed by atoms with van der Waals surface area (Å²) in [5.41, 5.74) is 2.05. The van der Waals surface area contributed by atoms with Gasteiger partial charge in [-0.3, -0.25) is 4.99 Å². The van der Waals surface area contributed by atoms with Crippen LogP contribution in [0.5, 0.6) is 0 Å². The van der Waals surface area contributed by atoms with E-state index >= 15 is 0 Å². The molecule has 0 spiro atoms. The Kier molecular flexibility index (Phi) is 3.60. The van der Waals surface area contributed by atoms with Crippen molar-refractivity contribution in [1.82, 2.24) is 20.2 Å². The molecule has 1 aromatic carbocycles. The molecule has 5 nitrogen and oxygen atoms in total. The molecule has 0 fully saturated rings. The van der Waals surface area contributed by atoms with Crippen molar-refractivity contribution in [3.05, 3.63) is 47.5 Å². The van der Waals surface area contributed by atoms with Crippen molar-refractivity contribution in [3.63, 3.8) is 0 Å². The average Bonchev–Trinajstić information content (AvgIpc) is 3.08. The van der Waals surface area contributed by atoms with Gasteiger partial charge < -0.3 is 15.2 Å². The van der Waals surface area contributed by atoms with E-state index in [-0.39, 0.29) is 0 Å². The molecule has 1 aliphatic rings. The first-order valence-electron chi connectivity index (χ1n) is 6.54. The summed E-state index contributed by atoms with van der Waals surface area (Å²) in [4.78, 5) is 8.47. The van der Waals surface area contributed by atoms with Crippen LogP contribution >= 0.6 is 11.6 Å². The van der Waals surface area contributed by atoms with Gasteiger partial charge in [-0.15, -0.1) is 0 Å². The first-order chi connectivity index (χ1) is 9.74. The molecule has 0 amide bonds. The lowest BCUT2D eigenvalue weighted by molar-refractivity contribution is 0.713. The predicted octanol–water partition coefficient (Wildman–Crippen LogP) is 1.96. The zero-order valence-electron chi connectivity index (χ0n) is 11.2. The van der Waals surface area contributed by atoms with Gasteiger partial charge in [0.1, 0.15) is 0 Å². The molecule has 1 atom stereocenters. The van der Waals surface area contributed by atoms with E-state index in [0.29, 0.717) is 12.6 Å². The van der Waals surface area contributed by atoms with Crippen LogP contribution in [0.4, 0.5) is 0 Å². The molecule has 0 saturated carbocycles. The quantitative estimate of drug-likeness (QED) is 0.908. The molecule has 0 bridgehead atoms. The molecule has 104 valence electrons. The van der Waals surface area contributed by atoms with Crippen LogP contribution in [0.25, 0.3) is 5.69 Å². The molecular weight excluding hydrogens is 274 g/mol. The van der Waals surface area contributed by atoms with Crippen LogP contribution in [0.15, 0.2) is 41.9 Å². The van der Waals surface area contributed by atoms with Gasteiger partial charge in [0.05, 0.1) is 18.6 Å². The second kappa shape index (κ2) is 5.54. The van der Waals surface area contributed by atoms with Gasteiger partial charge in [-0.25, -0.2) is 4.98 Å². The fourth-order valence-electron chi connectivity index (χ4n) is 2.20. The molecule has 1 aliphatic heterocycles. The number of rotatable bonds is 3. The van der Waals surface area contributed by atoms with Crippen molar-refractivity contribution in [2.75, 3.05) is 6.54 Å². The molecule has 2 aromatic rings. The Morgan fingerprint density at radius 1 is 1.50 bits per heavy atom. The Balaban J connectivity index is 1.82. The minimum Gasteiger partial charge on any atom is -0.352 e. The Bertz CT molecular complexity index is 620. The fourth-order valence-corrected chi connectivity index (χ4v) is 2.43. The number of hydrogen-bond donors (Lipinski definition) is 2. The monoisotopic (exact) mass is 289 g/mol. The van der Waals surface area contributed by atoms with Crippen LogP contribution in [0, 0.1) is 0 Å². The maximum atomic E-state index is 6.33. The van der Waals surface area contributed by atoms with Crippen LogP contribution in [0.3, 0.4) is 0 Å². The van der Waals surface area contributed by atoms with Crippen LogP contribution in [-0.2, 0) is 6.54 Å². The summed E-state index contributed by atoms with van der Waals surface area (Å²) in [7, 11) is 0. The van der Waals surface area contributed by atoms with Gasteiger partial charge in [0.25, 0.3) is 0 Å². The molecule has 6 heteroatoms. The van der Waals surface area contributed by atoms with Crippen molar-refractivity contribution in [1.29, 1.82) is 0 Å². The molecule has 20 heavy (non-hydrogen) atoms. The van der Waals surface area contributed by atoms with E-state index in [2.05, 4.69) is 27.5 Å². The van der Waals surface area contributed by atoms with E-state index in [4.69, 9.17) is 11.6 Å². The minimum absolute atomic E-state index is 0.386. The highest BCUT2D eigenvalue weighted by Gasteiger charge is 2.14. The summed E-state index contributed by atoms with van der Waals surface area (Å²) in [5.74, 6) is 0.828. The van der Waals surface area contributed by atoms with Gasteiger partial charge >= 0.3 is 0 Å². The number of halogens is 1. The van der Waals surface area contributed by atoms with Gasteiger partial charge in [0.15, 0.2) is 5.96 Å². The van der Waals surface area contributed by atoms with E-state index < -0.39 is 0 Å². The van der Waals surface area contributed by atoms with Gasteiger partial charge in [0, 0.05) is 35.6 Å². The molecule has 0 radical (unpaired) electrons. The van der Waals surface area contributed by atoms with E-state index in [1.807, 2.05) is 29.0 Å². The highest BCUT2D eigenvalue weighted by atomic mass is 35.5. The Labute approximate surface area is 122 Å². The normalized spacial score (nSPS) is 17.7. The lowest BCUT2D eigenvalue weighted by Gasteiger charge is -2.14. The molecule has 3 rings (SSSR count). The number of aromatic nitrogens is 2. The zero-order chi connectivity index (χ0) is 13.9. The topological polar surface area (TPSA) is 54.2 Å². The third-order valence-corrected chi connectivity index (χ3v) is 3.57. The summed E-state index contributed by atoms with van der Waals surface area (Å²) in [5, 5.41) is 7.30. The Morgan fingerprint density at radius 3 is 3.10 bits per heavy atom. The van der Waals surface area contributed by atoms with Crippen molar-refractivity contribution in [2.24, 2.45) is 4.99 Å². The SMILES string of the molecule is CC1CN=C(NCc2c(Cl)cccc2-n2ccnc2)N1. The molecule has 0 aliphatic carbocycles. The lowest BCUT2D eigenvalue weighted by Crippen LogP contribution is -2.37. The second-order valence-corrected chi connectivity index (χ2v) is 5.20. The summed E-state index contributed by atoms with van der Waals surface area (Å²) in [6.45, 7) is 3.52. The van der Waals surface area contributed by atoms with Crippen molar-refractivity contribution < 1.29 is 0 Å². The lowest BCUT2D eigenvalue weighted by atomic mass is 10.1. The van der Waals surface area contributed by atoms with E-state index in [0.717, 1.165) is 28.8 Å². The van der Waals surface area contributed by atoms with Crippen LogP contribution in [0.2, 0.25) is 5.02 Å². The highest BCUT2D eigenvalue weighted by Crippen LogP contribution is 2.23. The van der Waals surface area contributed by atoms with Crippen LogP contribution in [0.1, 0.15) is 12.5 Å². The smallest absolute Gasteiger partial charge is 0.191 e. The maximum absolute atomic E-state index is 6.33. The zero-order valence-corrected chi connectivity index (χ0v) is 11.9. The molecule has 1 unspecified atom stereocenters. The molecular formula is C14H16ClN5. The number of nitrogens with zero attached hydrogens (tertiary/aromatic N) is 3. The standard InChI is InChI=1S/C14H16ClN5/c1-10-7-17-14(19-10)18-8-11-12(15)3-2-4-13(11)20-6-5-16-9-20/h2-6,9-10H,7-8H2,1H3,(H2,17,18,19). The highest BCUT2D eigenvalue weighted by molar-refractivity contribution is 6.31. The Hall–Kier alpha value is -2.01. The fraction of sp³-hybridized carbons (Fsp3) is 0.286. The van der Waals surface area contributed by atoms with E-state index in [1.54, 1.807) is 12.5 Å². The number of imidazole rings is 1. The molecule has 0 saturated heterocycles. The van der Waals surface area contributed by atoms with Crippen molar-refractivity contribution in [3.8, 4) is 5.69 Å². The third-order valence-electron chi connectivity index (χ3n) is 3.22. The third kappa shape index (κ3) is 2.63. The van der Waals surface area contributed by atoms with Crippen molar-refractivity contribution in [2.45, 2.75) is 19.5 Å². The van der Waals surface area contributed by atoms with Crippen LogP contribution < -0.4 is 10.6 Å². The second-order valence-electron chi connectivity index (χ2n) is 4.80. The summed E-state index contributed by atoms with van der Waals surface area (Å²) in [6.07, 6.45) is 5.42. The predicted molar refractivity (Wildman–Crippen MR) is 80.3 cm³/mol. The van der Waals surface area contributed by atoms with Gasteiger partial charge in [0.2, 0.25) is 0 Å². The van der Waals surface area contributed by atoms with Crippen molar-refractivity contribution >= 4 is 17.6 Å². The van der Waals surface area contributed by atoms with E-state index in [1.165, 1.54) is 0 Å². The first-order valence-corrected chi connectivity index (χ1v) is 6.92. The number of guanidine groups is 1. The molecule has 1 aromatic heterocycles. The average molecular weight is 290 g/mol. The van der Waals surface area contributed by atoms with Gasteiger partial charge in [-0.05, 0) is 19.1 Å². The number of nitrogens with one attached hydrogen (secondary N) is 2. The molecule has 2 N–H and O–H groups in total. The minimum atomic E-state index is 0.386. The van der Waals surface area contributed by atoms with Crippen LogP contribution in [-0.4, -0.2) is 28.1 Å². The van der Waals surface area contributed by atoms with Gasteiger partial charge in [-0.1, -0.05) is 17.7 Å². The largest absolute Gasteiger partial charge is 0.352 e. The number of benzene rings is 1.